The van der Waals surface area contributed by atoms with Gasteiger partial charge in [0.1, 0.15) is 11.5 Å². The molecule has 0 aliphatic heterocycles. The fourth-order valence-electron chi connectivity index (χ4n) is 3.39. The van der Waals surface area contributed by atoms with Crippen molar-refractivity contribution in [3.8, 4) is 11.5 Å². The number of fused-ring (bicyclic) bond motifs is 2. The SMILES string of the molecule is CCCCCC1c2cccc(O)c2C(=O)c2c(O)cccc21. The second-order valence-electron chi connectivity index (χ2n) is 5.86. The highest BCUT2D eigenvalue weighted by Crippen LogP contribution is 2.44. The van der Waals surface area contributed by atoms with Gasteiger partial charge in [0.05, 0.1) is 11.1 Å². The van der Waals surface area contributed by atoms with Gasteiger partial charge in [0.25, 0.3) is 0 Å². The molecule has 0 fully saturated rings. The van der Waals surface area contributed by atoms with Crippen LogP contribution in [0.4, 0.5) is 0 Å². The second kappa shape index (κ2) is 5.84. The number of hydrogen-bond acceptors (Lipinski definition) is 3. The normalized spacial score (nSPS) is 13.8. The number of ketones is 1. The molecule has 114 valence electrons. The first kappa shape index (κ1) is 14.6. The minimum absolute atomic E-state index is 0.00288. The maximum atomic E-state index is 12.7. The van der Waals surface area contributed by atoms with Gasteiger partial charge in [-0.25, -0.2) is 0 Å². The molecule has 0 unspecified atom stereocenters. The quantitative estimate of drug-likeness (QED) is 0.824. The zero-order valence-electron chi connectivity index (χ0n) is 12.7. The topological polar surface area (TPSA) is 57.5 Å². The highest BCUT2D eigenvalue weighted by Gasteiger charge is 2.34. The fourth-order valence-corrected chi connectivity index (χ4v) is 3.39. The van der Waals surface area contributed by atoms with Crippen LogP contribution in [-0.2, 0) is 0 Å². The molecule has 0 aromatic heterocycles. The Balaban J connectivity index is 2.15. The molecule has 2 aromatic rings. The van der Waals surface area contributed by atoms with E-state index in [1.54, 1.807) is 12.1 Å². The third-order valence-electron chi connectivity index (χ3n) is 4.45. The van der Waals surface area contributed by atoms with Crippen molar-refractivity contribution in [3.63, 3.8) is 0 Å². The van der Waals surface area contributed by atoms with E-state index in [1.165, 1.54) is 12.1 Å². The van der Waals surface area contributed by atoms with Crippen molar-refractivity contribution in [2.45, 2.75) is 38.5 Å². The largest absolute Gasteiger partial charge is 0.507 e. The van der Waals surface area contributed by atoms with Crippen molar-refractivity contribution in [2.75, 3.05) is 0 Å². The Labute approximate surface area is 130 Å². The summed E-state index contributed by atoms with van der Waals surface area (Å²) in [4.78, 5) is 12.7. The Hall–Kier alpha value is -2.29. The standard InChI is InChI=1S/C19H20O3/c1-2-3-4-7-12-13-8-5-10-15(20)17(13)19(22)18-14(12)9-6-11-16(18)21/h5-6,8-12,20-21H,2-4,7H2,1H3. The monoisotopic (exact) mass is 296 g/mol. The molecule has 2 N–H and O–H groups in total. The van der Waals surface area contributed by atoms with E-state index in [9.17, 15) is 15.0 Å². The number of carbonyl (C=O) groups excluding carboxylic acids is 1. The van der Waals surface area contributed by atoms with E-state index in [0.29, 0.717) is 11.1 Å². The predicted octanol–water partition coefficient (Wildman–Crippen LogP) is 4.35. The number of phenols is 2. The molecular formula is C19H20O3. The van der Waals surface area contributed by atoms with E-state index >= 15 is 0 Å². The van der Waals surface area contributed by atoms with E-state index < -0.39 is 0 Å². The molecule has 3 heteroatoms. The molecule has 3 nitrogen and oxygen atoms in total. The van der Waals surface area contributed by atoms with E-state index in [2.05, 4.69) is 6.92 Å². The molecule has 2 aromatic carbocycles. The summed E-state index contributed by atoms with van der Waals surface area (Å²) in [6.07, 6.45) is 4.23. The number of hydrogen-bond donors (Lipinski definition) is 2. The van der Waals surface area contributed by atoms with Gasteiger partial charge in [0, 0.05) is 5.92 Å². The van der Waals surface area contributed by atoms with Gasteiger partial charge in [-0.2, -0.15) is 0 Å². The van der Waals surface area contributed by atoms with Gasteiger partial charge in [-0.1, -0.05) is 50.5 Å². The van der Waals surface area contributed by atoms with Crippen LogP contribution in [0.3, 0.4) is 0 Å². The Kier molecular flexibility index (Phi) is 3.88. The van der Waals surface area contributed by atoms with E-state index in [4.69, 9.17) is 0 Å². The molecule has 0 spiro atoms. The number of phenolic OH excluding ortho intramolecular Hbond substituents is 2. The van der Waals surface area contributed by atoms with Gasteiger partial charge in [-0.05, 0) is 29.7 Å². The van der Waals surface area contributed by atoms with E-state index in [-0.39, 0.29) is 23.2 Å². The molecule has 0 heterocycles. The van der Waals surface area contributed by atoms with Crippen molar-refractivity contribution >= 4 is 5.78 Å². The van der Waals surface area contributed by atoms with Crippen molar-refractivity contribution in [1.82, 2.24) is 0 Å². The van der Waals surface area contributed by atoms with Crippen LogP contribution in [-0.4, -0.2) is 16.0 Å². The van der Waals surface area contributed by atoms with E-state index in [0.717, 1.165) is 36.8 Å². The van der Waals surface area contributed by atoms with Gasteiger partial charge in [-0.15, -0.1) is 0 Å². The van der Waals surface area contributed by atoms with Crippen molar-refractivity contribution in [1.29, 1.82) is 0 Å². The zero-order chi connectivity index (χ0) is 15.7. The minimum atomic E-state index is -0.284. The molecule has 0 amide bonds. The molecule has 0 saturated carbocycles. The lowest BCUT2D eigenvalue weighted by atomic mass is 9.74. The molecule has 0 radical (unpaired) electrons. The van der Waals surface area contributed by atoms with Gasteiger partial charge in [-0.3, -0.25) is 4.79 Å². The van der Waals surface area contributed by atoms with Crippen LogP contribution >= 0.6 is 0 Å². The molecule has 0 bridgehead atoms. The van der Waals surface area contributed by atoms with Crippen molar-refractivity contribution < 1.29 is 15.0 Å². The Morgan fingerprint density at radius 3 is 1.95 bits per heavy atom. The molecular weight excluding hydrogens is 276 g/mol. The Bertz CT molecular complexity index is 663. The van der Waals surface area contributed by atoms with Crippen LogP contribution in [0.5, 0.6) is 11.5 Å². The average molecular weight is 296 g/mol. The highest BCUT2D eigenvalue weighted by molar-refractivity contribution is 6.15. The van der Waals surface area contributed by atoms with Gasteiger partial charge in [0.15, 0.2) is 0 Å². The van der Waals surface area contributed by atoms with Crippen LogP contribution in [0.15, 0.2) is 36.4 Å². The lowest BCUT2D eigenvalue weighted by Crippen LogP contribution is -2.20. The van der Waals surface area contributed by atoms with Gasteiger partial charge < -0.3 is 10.2 Å². The first-order valence-electron chi connectivity index (χ1n) is 7.83. The first-order chi connectivity index (χ1) is 10.6. The predicted molar refractivity (Wildman–Crippen MR) is 85.6 cm³/mol. The fraction of sp³-hybridized carbons (Fsp3) is 0.316. The third-order valence-corrected chi connectivity index (χ3v) is 4.45. The van der Waals surface area contributed by atoms with Crippen LogP contribution in [0.1, 0.15) is 65.6 Å². The highest BCUT2D eigenvalue weighted by atomic mass is 16.3. The minimum Gasteiger partial charge on any atom is -0.507 e. The van der Waals surface area contributed by atoms with Crippen molar-refractivity contribution in [2.24, 2.45) is 0 Å². The summed E-state index contributed by atoms with van der Waals surface area (Å²) < 4.78 is 0. The number of benzene rings is 2. The van der Waals surface area contributed by atoms with E-state index in [1.807, 2.05) is 12.1 Å². The molecule has 1 aliphatic rings. The number of unbranched alkanes of at least 4 members (excludes halogenated alkanes) is 2. The number of carbonyl (C=O) groups is 1. The van der Waals surface area contributed by atoms with Crippen molar-refractivity contribution in [3.05, 3.63) is 58.7 Å². The Morgan fingerprint density at radius 1 is 0.909 bits per heavy atom. The summed E-state index contributed by atoms with van der Waals surface area (Å²) in [5.74, 6) is -0.241. The van der Waals surface area contributed by atoms with Crippen LogP contribution < -0.4 is 0 Å². The molecule has 3 rings (SSSR count). The Morgan fingerprint density at radius 2 is 1.45 bits per heavy atom. The number of aromatic hydroxyl groups is 2. The molecule has 22 heavy (non-hydrogen) atoms. The summed E-state index contributed by atoms with van der Waals surface area (Å²) in [7, 11) is 0. The molecule has 0 saturated heterocycles. The molecule has 1 aliphatic carbocycles. The van der Waals surface area contributed by atoms with Crippen LogP contribution in [0.25, 0.3) is 0 Å². The first-order valence-corrected chi connectivity index (χ1v) is 7.83. The maximum Gasteiger partial charge on any atom is 0.201 e. The zero-order valence-corrected chi connectivity index (χ0v) is 12.7. The second-order valence-corrected chi connectivity index (χ2v) is 5.86. The molecule has 0 atom stereocenters. The van der Waals surface area contributed by atoms with Gasteiger partial charge >= 0.3 is 0 Å². The van der Waals surface area contributed by atoms with Crippen LogP contribution in [0.2, 0.25) is 0 Å². The van der Waals surface area contributed by atoms with Gasteiger partial charge in [0.2, 0.25) is 5.78 Å². The summed E-state index contributed by atoms with van der Waals surface area (Å²) in [6, 6.07) is 10.5. The maximum absolute atomic E-state index is 12.7. The third kappa shape index (κ3) is 2.27. The summed E-state index contributed by atoms with van der Waals surface area (Å²) in [5.41, 5.74) is 2.44. The summed E-state index contributed by atoms with van der Waals surface area (Å²) in [5, 5.41) is 20.3. The lowest BCUT2D eigenvalue weighted by molar-refractivity contribution is 0.102. The average Bonchev–Trinajstić information content (AvgIpc) is 2.50. The summed E-state index contributed by atoms with van der Waals surface area (Å²) in [6.45, 7) is 2.16. The van der Waals surface area contributed by atoms with Crippen LogP contribution in [0, 0.1) is 0 Å². The lowest BCUT2D eigenvalue weighted by Gasteiger charge is -2.28. The summed E-state index contributed by atoms with van der Waals surface area (Å²) >= 11 is 0. The smallest absolute Gasteiger partial charge is 0.201 e. The number of rotatable bonds is 4.